The SMILES string of the molecule is NC(=O)[C@@H]1C[C@]2(CN1)Oc1c(cccc1C1CC1)NC2=O. The predicted octanol–water partition coefficient (Wildman–Crippen LogP) is 0.481. The zero-order valence-corrected chi connectivity index (χ0v) is 11.5. The maximum atomic E-state index is 12.4. The Morgan fingerprint density at radius 1 is 1.38 bits per heavy atom. The van der Waals surface area contributed by atoms with Gasteiger partial charge in [-0.3, -0.25) is 9.59 Å². The van der Waals surface area contributed by atoms with E-state index in [0.717, 1.165) is 29.8 Å². The lowest BCUT2D eigenvalue weighted by Gasteiger charge is -2.35. The molecule has 6 heteroatoms. The number of rotatable bonds is 2. The highest BCUT2D eigenvalue weighted by atomic mass is 16.5. The summed E-state index contributed by atoms with van der Waals surface area (Å²) in [5.74, 6) is 0.614. The fraction of sp³-hybridized carbons (Fsp3) is 0.467. The lowest BCUT2D eigenvalue weighted by Crippen LogP contribution is -2.52. The molecule has 0 aromatic heterocycles. The van der Waals surface area contributed by atoms with Crippen LogP contribution in [0.4, 0.5) is 5.69 Å². The first-order chi connectivity index (χ1) is 10.1. The summed E-state index contributed by atoms with van der Waals surface area (Å²) >= 11 is 0. The summed E-state index contributed by atoms with van der Waals surface area (Å²) in [4.78, 5) is 23.8. The number of carbonyl (C=O) groups is 2. The highest BCUT2D eigenvalue weighted by Gasteiger charge is 2.52. The summed E-state index contributed by atoms with van der Waals surface area (Å²) in [6.45, 7) is 0.297. The fourth-order valence-corrected chi connectivity index (χ4v) is 3.18. The smallest absolute Gasteiger partial charge is 0.270 e. The summed E-state index contributed by atoms with van der Waals surface area (Å²) in [6, 6.07) is 5.31. The first-order valence-electron chi connectivity index (χ1n) is 7.25. The normalized spacial score (nSPS) is 30.7. The quantitative estimate of drug-likeness (QED) is 0.737. The predicted molar refractivity (Wildman–Crippen MR) is 76.0 cm³/mol. The number of hydrogen-bond donors (Lipinski definition) is 3. The van der Waals surface area contributed by atoms with Crippen LogP contribution in [0.25, 0.3) is 0 Å². The second-order valence-electron chi connectivity index (χ2n) is 6.09. The van der Waals surface area contributed by atoms with Crippen LogP contribution < -0.4 is 21.1 Å². The van der Waals surface area contributed by atoms with Crippen LogP contribution in [0.3, 0.4) is 0 Å². The van der Waals surface area contributed by atoms with Gasteiger partial charge in [-0.2, -0.15) is 0 Å². The molecule has 2 fully saturated rings. The van der Waals surface area contributed by atoms with Crippen molar-refractivity contribution in [2.75, 3.05) is 11.9 Å². The summed E-state index contributed by atoms with van der Waals surface area (Å²) in [7, 11) is 0. The van der Waals surface area contributed by atoms with E-state index in [2.05, 4.69) is 16.7 Å². The minimum Gasteiger partial charge on any atom is -0.474 e. The monoisotopic (exact) mass is 287 g/mol. The average Bonchev–Trinajstić information content (AvgIpc) is 3.20. The topological polar surface area (TPSA) is 93.5 Å². The molecule has 21 heavy (non-hydrogen) atoms. The first kappa shape index (κ1) is 12.6. The summed E-state index contributed by atoms with van der Waals surface area (Å²) < 4.78 is 6.12. The van der Waals surface area contributed by atoms with Crippen molar-refractivity contribution in [3.05, 3.63) is 23.8 Å². The van der Waals surface area contributed by atoms with Gasteiger partial charge in [0.2, 0.25) is 11.5 Å². The minimum absolute atomic E-state index is 0.209. The number of anilines is 1. The van der Waals surface area contributed by atoms with Crippen molar-refractivity contribution in [3.63, 3.8) is 0 Å². The highest BCUT2D eigenvalue weighted by molar-refractivity contribution is 6.02. The van der Waals surface area contributed by atoms with Gasteiger partial charge in [-0.15, -0.1) is 0 Å². The molecule has 1 spiro atoms. The van der Waals surface area contributed by atoms with Gasteiger partial charge in [0.25, 0.3) is 5.91 Å². The van der Waals surface area contributed by atoms with Crippen LogP contribution in [0.5, 0.6) is 5.75 Å². The van der Waals surface area contributed by atoms with Crippen LogP contribution in [0.2, 0.25) is 0 Å². The molecule has 1 aromatic rings. The van der Waals surface area contributed by atoms with Gasteiger partial charge >= 0.3 is 0 Å². The molecule has 1 aromatic carbocycles. The van der Waals surface area contributed by atoms with E-state index in [0.29, 0.717) is 12.5 Å². The molecule has 0 unspecified atom stereocenters. The van der Waals surface area contributed by atoms with Crippen molar-refractivity contribution in [2.45, 2.75) is 36.8 Å². The zero-order valence-electron chi connectivity index (χ0n) is 11.5. The third kappa shape index (κ3) is 1.90. The summed E-state index contributed by atoms with van der Waals surface area (Å²) in [5.41, 5.74) is 6.16. The molecule has 6 nitrogen and oxygen atoms in total. The fourth-order valence-electron chi connectivity index (χ4n) is 3.18. The molecule has 0 bridgehead atoms. The Morgan fingerprint density at radius 3 is 2.86 bits per heavy atom. The second kappa shape index (κ2) is 4.21. The third-order valence-electron chi connectivity index (χ3n) is 4.53. The van der Waals surface area contributed by atoms with Crippen LogP contribution in [0.15, 0.2) is 18.2 Å². The molecule has 3 aliphatic rings. The Labute approximate surface area is 122 Å². The molecular weight excluding hydrogens is 270 g/mol. The van der Waals surface area contributed by atoms with Crippen LogP contribution in [-0.2, 0) is 9.59 Å². The number of ether oxygens (including phenoxy) is 1. The number of benzene rings is 1. The Morgan fingerprint density at radius 2 is 2.19 bits per heavy atom. The number of para-hydroxylation sites is 1. The Bertz CT molecular complexity index is 641. The lowest BCUT2D eigenvalue weighted by molar-refractivity contribution is -0.131. The van der Waals surface area contributed by atoms with E-state index in [-0.39, 0.29) is 12.3 Å². The molecule has 1 saturated heterocycles. The van der Waals surface area contributed by atoms with Gasteiger partial charge in [-0.1, -0.05) is 12.1 Å². The van der Waals surface area contributed by atoms with E-state index in [1.165, 1.54) is 0 Å². The van der Waals surface area contributed by atoms with Gasteiger partial charge in [-0.25, -0.2) is 0 Å². The van der Waals surface area contributed by atoms with Gasteiger partial charge in [-0.05, 0) is 30.4 Å². The molecule has 4 N–H and O–H groups in total. The van der Waals surface area contributed by atoms with Crippen molar-refractivity contribution >= 4 is 17.5 Å². The van der Waals surface area contributed by atoms with Crippen LogP contribution in [0.1, 0.15) is 30.7 Å². The zero-order chi connectivity index (χ0) is 14.6. The van der Waals surface area contributed by atoms with Crippen LogP contribution in [0, 0.1) is 0 Å². The molecule has 2 aliphatic heterocycles. The van der Waals surface area contributed by atoms with Crippen LogP contribution in [-0.4, -0.2) is 30.0 Å². The second-order valence-corrected chi connectivity index (χ2v) is 6.09. The van der Waals surface area contributed by atoms with Gasteiger partial charge in [0.1, 0.15) is 5.75 Å². The maximum Gasteiger partial charge on any atom is 0.270 e. The number of carbonyl (C=O) groups excluding carboxylic acids is 2. The number of nitrogens with one attached hydrogen (secondary N) is 2. The van der Waals surface area contributed by atoms with Crippen molar-refractivity contribution in [2.24, 2.45) is 5.73 Å². The summed E-state index contributed by atoms with van der Waals surface area (Å²) in [5, 5.41) is 5.90. The first-order valence-corrected chi connectivity index (χ1v) is 7.25. The van der Waals surface area contributed by atoms with Crippen molar-refractivity contribution < 1.29 is 14.3 Å². The van der Waals surface area contributed by atoms with Crippen molar-refractivity contribution in [1.29, 1.82) is 0 Å². The largest absolute Gasteiger partial charge is 0.474 e. The molecule has 2 amide bonds. The number of hydrogen-bond acceptors (Lipinski definition) is 4. The maximum absolute atomic E-state index is 12.4. The van der Waals surface area contributed by atoms with E-state index in [1.54, 1.807) is 0 Å². The molecule has 1 saturated carbocycles. The molecule has 1 aliphatic carbocycles. The highest BCUT2D eigenvalue weighted by Crippen LogP contribution is 2.49. The van der Waals surface area contributed by atoms with Gasteiger partial charge < -0.3 is 21.1 Å². The lowest BCUT2D eigenvalue weighted by atomic mass is 9.95. The molecule has 2 atom stereocenters. The molecule has 4 rings (SSSR count). The third-order valence-corrected chi connectivity index (χ3v) is 4.53. The van der Waals surface area contributed by atoms with Crippen molar-refractivity contribution in [1.82, 2.24) is 5.32 Å². The average molecular weight is 287 g/mol. The Hall–Kier alpha value is -2.08. The standard InChI is InChI=1S/C15H17N3O3/c16-13(19)11-6-15(7-17-11)14(20)18-10-3-1-2-9(8-4-5-8)12(10)21-15/h1-3,8,11,17H,4-7H2,(H2,16,19)(H,18,20)/t11-,15+/m0/s1. The van der Waals surface area contributed by atoms with Crippen molar-refractivity contribution in [3.8, 4) is 5.75 Å². The van der Waals surface area contributed by atoms with E-state index in [1.807, 2.05) is 12.1 Å². The molecule has 2 heterocycles. The number of amides is 2. The van der Waals surface area contributed by atoms with Gasteiger partial charge in [0, 0.05) is 13.0 Å². The van der Waals surface area contributed by atoms with Gasteiger partial charge in [0.05, 0.1) is 11.7 Å². The summed E-state index contributed by atoms with van der Waals surface area (Å²) in [6.07, 6.45) is 2.58. The van der Waals surface area contributed by atoms with E-state index in [9.17, 15) is 9.59 Å². The van der Waals surface area contributed by atoms with E-state index >= 15 is 0 Å². The number of primary amides is 1. The minimum atomic E-state index is -1.03. The van der Waals surface area contributed by atoms with E-state index in [4.69, 9.17) is 10.5 Å². The molecule has 0 radical (unpaired) electrons. The molecule has 110 valence electrons. The van der Waals surface area contributed by atoms with E-state index < -0.39 is 17.6 Å². The number of fused-ring (bicyclic) bond motifs is 1. The van der Waals surface area contributed by atoms with Crippen LogP contribution >= 0.6 is 0 Å². The molecular formula is C15H17N3O3. The number of nitrogens with two attached hydrogens (primary N) is 1. The van der Waals surface area contributed by atoms with Gasteiger partial charge in [0.15, 0.2) is 0 Å². The Balaban J connectivity index is 1.71. The Kier molecular flexibility index (Phi) is 2.53.